The molecule has 29 heavy (non-hydrogen) atoms. The van der Waals surface area contributed by atoms with Crippen molar-refractivity contribution in [2.75, 3.05) is 0 Å². The van der Waals surface area contributed by atoms with E-state index in [0.717, 1.165) is 17.5 Å². The summed E-state index contributed by atoms with van der Waals surface area (Å²) in [6, 6.07) is 17.5. The maximum absolute atomic E-state index is 11.0. The van der Waals surface area contributed by atoms with Crippen LogP contribution in [0.1, 0.15) is 62.6 Å². The van der Waals surface area contributed by atoms with E-state index in [0.29, 0.717) is 0 Å². The van der Waals surface area contributed by atoms with Crippen molar-refractivity contribution in [2.45, 2.75) is 32.6 Å². The van der Waals surface area contributed by atoms with Gasteiger partial charge in [-0.3, -0.25) is 0 Å². The van der Waals surface area contributed by atoms with Crippen LogP contribution in [0.4, 0.5) is 0 Å². The highest BCUT2D eigenvalue weighted by molar-refractivity contribution is 7.13. The number of carboxylic acid groups (broad SMARTS) is 1. The molecular weight excluding hydrogens is 376 g/mol. The number of rotatable bonds is 2. The summed E-state index contributed by atoms with van der Waals surface area (Å²) in [6.07, 6.45) is 3.38. The standard InChI is InChI=1S/C26H22O2S/c1-17-4-13-24(29-17)21-14-15-26(2,3)23-12-9-19(16-22(21)23)6-5-18-7-10-20(11-8-18)25(27)28/h4,7-14,16H,15H2,1-3H3,(H,27,28). The summed E-state index contributed by atoms with van der Waals surface area (Å²) in [6.45, 7) is 6.71. The fourth-order valence-electron chi connectivity index (χ4n) is 3.67. The number of hydrogen-bond acceptors (Lipinski definition) is 2. The summed E-state index contributed by atoms with van der Waals surface area (Å²) in [5.74, 6) is 5.47. The quantitative estimate of drug-likeness (QED) is 0.517. The lowest BCUT2D eigenvalue weighted by Gasteiger charge is -2.32. The number of thiophene rings is 1. The third-order valence-corrected chi connectivity index (χ3v) is 6.38. The zero-order valence-corrected chi connectivity index (χ0v) is 17.6. The highest BCUT2D eigenvalue weighted by atomic mass is 32.1. The van der Waals surface area contributed by atoms with Crippen LogP contribution < -0.4 is 0 Å². The molecule has 0 fully saturated rings. The van der Waals surface area contributed by atoms with Crippen LogP contribution in [0, 0.1) is 18.8 Å². The highest BCUT2D eigenvalue weighted by Crippen LogP contribution is 2.43. The Bertz CT molecular complexity index is 1180. The largest absolute Gasteiger partial charge is 0.478 e. The molecule has 3 heteroatoms. The monoisotopic (exact) mass is 398 g/mol. The Morgan fingerprint density at radius 1 is 1.00 bits per heavy atom. The van der Waals surface area contributed by atoms with E-state index in [9.17, 15) is 4.79 Å². The molecule has 1 aromatic heterocycles. The lowest BCUT2D eigenvalue weighted by molar-refractivity contribution is 0.0697. The molecule has 3 aromatic rings. The number of allylic oxidation sites excluding steroid dienone is 1. The van der Waals surface area contributed by atoms with Crippen LogP contribution in [0.5, 0.6) is 0 Å². The summed E-state index contributed by atoms with van der Waals surface area (Å²) in [5.41, 5.74) is 6.05. The van der Waals surface area contributed by atoms with Gasteiger partial charge in [-0.25, -0.2) is 4.79 Å². The third kappa shape index (κ3) is 3.90. The molecule has 0 amide bonds. The Labute approximate surface area is 175 Å². The van der Waals surface area contributed by atoms with Gasteiger partial charge in [0.05, 0.1) is 5.56 Å². The fourth-order valence-corrected chi connectivity index (χ4v) is 4.59. The van der Waals surface area contributed by atoms with Crippen LogP contribution in [-0.2, 0) is 5.41 Å². The molecule has 0 unspecified atom stereocenters. The van der Waals surface area contributed by atoms with E-state index in [-0.39, 0.29) is 11.0 Å². The summed E-state index contributed by atoms with van der Waals surface area (Å²) in [5, 5.41) is 9.02. The maximum atomic E-state index is 11.0. The van der Waals surface area contributed by atoms with Gasteiger partial charge in [-0.15, -0.1) is 11.3 Å². The fraction of sp³-hybridized carbons (Fsp3) is 0.192. The third-order valence-electron chi connectivity index (χ3n) is 5.34. The van der Waals surface area contributed by atoms with Crippen molar-refractivity contribution in [1.29, 1.82) is 0 Å². The molecule has 1 aliphatic carbocycles. The minimum absolute atomic E-state index is 0.101. The van der Waals surface area contributed by atoms with E-state index in [1.54, 1.807) is 24.3 Å². The molecule has 0 atom stereocenters. The first-order valence-corrected chi connectivity index (χ1v) is 10.4. The molecule has 4 rings (SSSR count). The predicted molar refractivity (Wildman–Crippen MR) is 120 cm³/mol. The van der Waals surface area contributed by atoms with E-state index < -0.39 is 5.97 Å². The maximum Gasteiger partial charge on any atom is 0.335 e. The lowest BCUT2D eigenvalue weighted by atomic mass is 9.73. The van der Waals surface area contributed by atoms with Gasteiger partial charge >= 0.3 is 5.97 Å². The molecule has 0 saturated carbocycles. The Balaban J connectivity index is 1.72. The molecule has 0 aliphatic heterocycles. The zero-order valence-electron chi connectivity index (χ0n) is 16.7. The van der Waals surface area contributed by atoms with Crippen molar-refractivity contribution in [3.05, 3.63) is 98.2 Å². The number of aromatic carboxylic acids is 1. The average molecular weight is 399 g/mol. The van der Waals surface area contributed by atoms with Gasteiger partial charge in [-0.1, -0.05) is 37.8 Å². The average Bonchev–Trinajstić information content (AvgIpc) is 3.12. The highest BCUT2D eigenvalue weighted by Gasteiger charge is 2.29. The van der Waals surface area contributed by atoms with Crippen molar-refractivity contribution in [3.8, 4) is 11.8 Å². The first-order valence-electron chi connectivity index (χ1n) is 9.61. The van der Waals surface area contributed by atoms with Gasteiger partial charge in [0.2, 0.25) is 0 Å². The predicted octanol–water partition coefficient (Wildman–Crippen LogP) is 6.27. The number of aryl methyl sites for hydroxylation is 1. The van der Waals surface area contributed by atoms with Gasteiger partial charge in [0.15, 0.2) is 0 Å². The van der Waals surface area contributed by atoms with Crippen molar-refractivity contribution >= 4 is 22.9 Å². The Morgan fingerprint density at radius 3 is 2.34 bits per heavy atom. The van der Waals surface area contributed by atoms with Gasteiger partial charge in [0, 0.05) is 20.9 Å². The first kappa shape index (κ1) is 19.2. The number of carbonyl (C=O) groups is 1. The van der Waals surface area contributed by atoms with E-state index in [2.05, 4.69) is 69.0 Å². The van der Waals surface area contributed by atoms with Crippen molar-refractivity contribution in [1.82, 2.24) is 0 Å². The zero-order chi connectivity index (χ0) is 20.6. The van der Waals surface area contributed by atoms with Crippen LogP contribution in [0.2, 0.25) is 0 Å². The Hall–Kier alpha value is -3.09. The second kappa shape index (κ2) is 7.39. The number of carboxylic acids is 1. The number of fused-ring (bicyclic) bond motifs is 1. The van der Waals surface area contributed by atoms with Crippen LogP contribution in [0.25, 0.3) is 5.57 Å². The number of hydrogen-bond donors (Lipinski definition) is 1. The van der Waals surface area contributed by atoms with Gasteiger partial charge in [-0.05, 0) is 84.0 Å². The Kier molecular flexibility index (Phi) is 4.90. The molecule has 1 heterocycles. The second-order valence-electron chi connectivity index (χ2n) is 8.01. The SMILES string of the molecule is Cc1ccc(C2=CCC(C)(C)c3ccc(C#Cc4ccc(C(=O)O)cc4)cc32)s1. The lowest BCUT2D eigenvalue weighted by Crippen LogP contribution is -2.21. The molecular formula is C26H22O2S. The molecule has 144 valence electrons. The molecule has 0 bridgehead atoms. The van der Waals surface area contributed by atoms with Gasteiger partial charge in [0.1, 0.15) is 0 Å². The minimum Gasteiger partial charge on any atom is -0.478 e. The van der Waals surface area contributed by atoms with Crippen molar-refractivity contribution in [2.24, 2.45) is 0 Å². The van der Waals surface area contributed by atoms with Gasteiger partial charge < -0.3 is 5.11 Å². The van der Waals surface area contributed by atoms with E-state index in [1.807, 2.05) is 11.3 Å². The molecule has 1 aliphatic rings. The minimum atomic E-state index is -0.926. The van der Waals surface area contributed by atoms with Crippen LogP contribution in [0.15, 0.2) is 60.7 Å². The molecule has 1 N–H and O–H groups in total. The van der Waals surface area contributed by atoms with E-state index in [4.69, 9.17) is 5.11 Å². The second-order valence-corrected chi connectivity index (χ2v) is 9.30. The van der Waals surface area contributed by atoms with Crippen LogP contribution >= 0.6 is 11.3 Å². The normalized spacial score (nSPS) is 14.4. The molecule has 2 nitrogen and oxygen atoms in total. The summed E-state index contributed by atoms with van der Waals surface area (Å²) in [4.78, 5) is 13.6. The van der Waals surface area contributed by atoms with Crippen molar-refractivity contribution < 1.29 is 9.90 Å². The molecule has 0 radical (unpaired) electrons. The number of benzene rings is 2. The van der Waals surface area contributed by atoms with Crippen molar-refractivity contribution in [3.63, 3.8) is 0 Å². The van der Waals surface area contributed by atoms with Crippen LogP contribution in [-0.4, -0.2) is 11.1 Å². The van der Waals surface area contributed by atoms with Gasteiger partial charge in [0.25, 0.3) is 0 Å². The summed E-state index contributed by atoms with van der Waals surface area (Å²) >= 11 is 1.83. The topological polar surface area (TPSA) is 37.3 Å². The molecule has 0 spiro atoms. The molecule has 2 aromatic carbocycles. The first-order chi connectivity index (χ1) is 13.8. The van der Waals surface area contributed by atoms with Gasteiger partial charge in [-0.2, -0.15) is 0 Å². The summed E-state index contributed by atoms with van der Waals surface area (Å²) < 4.78 is 0. The van der Waals surface area contributed by atoms with Crippen LogP contribution in [0.3, 0.4) is 0 Å². The molecule has 0 saturated heterocycles. The summed E-state index contributed by atoms with van der Waals surface area (Å²) in [7, 11) is 0. The van der Waals surface area contributed by atoms with E-state index >= 15 is 0 Å². The smallest absolute Gasteiger partial charge is 0.335 e. The van der Waals surface area contributed by atoms with E-state index in [1.165, 1.54) is 26.5 Å². The Morgan fingerprint density at radius 2 is 1.69 bits per heavy atom.